The monoisotopic (exact) mass is 294 g/mol. The summed E-state index contributed by atoms with van der Waals surface area (Å²) in [5.74, 6) is 0.738. The van der Waals surface area contributed by atoms with Crippen LogP contribution >= 0.6 is 0 Å². The largest absolute Gasteiger partial charge is 0.496 e. The van der Waals surface area contributed by atoms with E-state index in [2.05, 4.69) is 5.32 Å². The van der Waals surface area contributed by atoms with Gasteiger partial charge in [-0.1, -0.05) is 18.2 Å². The minimum atomic E-state index is -0.258. The van der Waals surface area contributed by atoms with Gasteiger partial charge in [0.2, 0.25) is 5.91 Å². The third-order valence-electron chi connectivity index (χ3n) is 2.88. The molecule has 0 saturated heterocycles. The molecule has 0 aliphatic rings. The number of methoxy groups -OCH3 is 1. The summed E-state index contributed by atoms with van der Waals surface area (Å²) in [5.41, 5.74) is 0.740. The van der Waals surface area contributed by atoms with Crippen LogP contribution in [0.4, 0.5) is 0 Å². The van der Waals surface area contributed by atoms with Crippen LogP contribution in [0, 0.1) is 0 Å². The highest BCUT2D eigenvalue weighted by molar-refractivity contribution is 5.78. The summed E-state index contributed by atoms with van der Waals surface area (Å²) in [6.07, 6.45) is 0. The fourth-order valence-corrected chi connectivity index (χ4v) is 2.09. The lowest BCUT2D eigenvalue weighted by Gasteiger charge is -2.25. The fraction of sp³-hybridized carbons (Fsp3) is 0.562. The molecule has 118 valence electrons. The zero-order chi connectivity index (χ0) is 15.9. The maximum absolute atomic E-state index is 12.0. The number of aliphatic hydroxyl groups excluding tert-OH is 1. The van der Waals surface area contributed by atoms with Crippen LogP contribution in [-0.4, -0.2) is 48.3 Å². The van der Waals surface area contributed by atoms with Crippen LogP contribution in [0.2, 0.25) is 0 Å². The normalized spacial score (nSPS) is 11.5. The van der Waals surface area contributed by atoms with E-state index in [4.69, 9.17) is 4.74 Å². The van der Waals surface area contributed by atoms with Gasteiger partial charge in [-0.15, -0.1) is 0 Å². The molecule has 5 heteroatoms. The van der Waals surface area contributed by atoms with E-state index in [0.717, 1.165) is 11.3 Å². The minimum Gasteiger partial charge on any atom is -0.496 e. The van der Waals surface area contributed by atoms with Gasteiger partial charge in [-0.05, 0) is 26.8 Å². The first-order chi connectivity index (χ1) is 9.85. The maximum Gasteiger partial charge on any atom is 0.234 e. The van der Waals surface area contributed by atoms with Gasteiger partial charge in [0, 0.05) is 24.2 Å². The predicted molar refractivity (Wildman–Crippen MR) is 83.3 cm³/mol. The molecule has 0 saturated carbocycles. The Labute approximate surface area is 126 Å². The van der Waals surface area contributed by atoms with Crippen LogP contribution in [0.5, 0.6) is 5.75 Å². The smallest absolute Gasteiger partial charge is 0.234 e. The third kappa shape index (κ3) is 6.60. The molecule has 0 aromatic heterocycles. The lowest BCUT2D eigenvalue weighted by atomic mass is 10.1. The van der Waals surface area contributed by atoms with Crippen molar-refractivity contribution < 1.29 is 14.6 Å². The molecule has 1 amide bonds. The Morgan fingerprint density at radius 2 is 2.00 bits per heavy atom. The van der Waals surface area contributed by atoms with Gasteiger partial charge in [-0.25, -0.2) is 0 Å². The number of benzene rings is 1. The number of hydrogen-bond donors (Lipinski definition) is 2. The van der Waals surface area contributed by atoms with Crippen molar-refractivity contribution in [3.05, 3.63) is 29.8 Å². The quantitative estimate of drug-likeness (QED) is 0.798. The number of rotatable bonds is 7. The summed E-state index contributed by atoms with van der Waals surface area (Å²) in [7, 11) is 1.63. The molecule has 1 rings (SSSR count). The Kier molecular flexibility index (Phi) is 6.65. The van der Waals surface area contributed by atoms with Gasteiger partial charge >= 0.3 is 0 Å². The van der Waals surface area contributed by atoms with Crippen LogP contribution in [0.25, 0.3) is 0 Å². The zero-order valence-corrected chi connectivity index (χ0v) is 13.3. The van der Waals surface area contributed by atoms with Crippen molar-refractivity contribution in [2.24, 2.45) is 0 Å². The molecular weight excluding hydrogens is 268 g/mol. The molecule has 0 radical (unpaired) electrons. The van der Waals surface area contributed by atoms with Gasteiger partial charge in [-0.3, -0.25) is 9.69 Å². The van der Waals surface area contributed by atoms with Crippen molar-refractivity contribution in [2.75, 3.05) is 26.8 Å². The summed E-state index contributed by atoms with van der Waals surface area (Å²) in [5, 5.41) is 12.1. The van der Waals surface area contributed by atoms with Crippen LogP contribution in [-0.2, 0) is 11.3 Å². The van der Waals surface area contributed by atoms with Crippen molar-refractivity contribution in [3.8, 4) is 5.75 Å². The summed E-state index contributed by atoms with van der Waals surface area (Å²) in [4.78, 5) is 13.9. The number of carbonyl (C=O) groups excluding carboxylic acids is 1. The second-order valence-electron chi connectivity index (χ2n) is 6.04. The number of ether oxygens (including phenoxy) is 1. The van der Waals surface area contributed by atoms with Crippen molar-refractivity contribution in [1.82, 2.24) is 10.2 Å². The summed E-state index contributed by atoms with van der Waals surface area (Å²) in [6, 6.07) is 7.70. The highest BCUT2D eigenvalue weighted by Gasteiger charge is 2.17. The SMILES string of the molecule is COc1ccccc1CN(CCO)CC(=O)NC(C)(C)C. The first-order valence-corrected chi connectivity index (χ1v) is 7.12. The number of amides is 1. The van der Waals surface area contributed by atoms with E-state index in [1.165, 1.54) is 0 Å². The Morgan fingerprint density at radius 1 is 1.33 bits per heavy atom. The van der Waals surface area contributed by atoms with Gasteiger partial charge in [0.1, 0.15) is 5.75 Å². The molecule has 21 heavy (non-hydrogen) atoms. The predicted octanol–water partition coefficient (Wildman–Crippen LogP) is 1.40. The molecule has 5 nitrogen and oxygen atoms in total. The molecule has 2 N–H and O–H groups in total. The summed E-state index contributed by atoms with van der Waals surface area (Å²) in [6.45, 7) is 7.09. The highest BCUT2D eigenvalue weighted by atomic mass is 16.5. The summed E-state index contributed by atoms with van der Waals surface area (Å²) < 4.78 is 5.32. The van der Waals surface area contributed by atoms with Crippen molar-refractivity contribution in [2.45, 2.75) is 32.9 Å². The zero-order valence-electron chi connectivity index (χ0n) is 13.3. The topological polar surface area (TPSA) is 61.8 Å². The van der Waals surface area contributed by atoms with Gasteiger partial charge in [0.25, 0.3) is 0 Å². The van der Waals surface area contributed by atoms with E-state index in [9.17, 15) is 9.90 Å². The van der Waals surface area contributed by atoms with Crippen molar-refractivity contribution in [1.29, 1.82) is 0 Å². The Bertz CT molecular complexity index is 455. The number of carbonyl (C=O) groups is 1. The third-order valence-corrected chi connectivity index (χ3v) is 2.88. The Morgan fingerprint density at radius 3 is 2.57 bits per heavy atom. The molecule has 0 bridgehead atoms. The van der Waals surface area contributed by atoms with E-state index in [1.54, 1.807) is 7.11 Å². The molecule has 0 aliphatic carbocycles. The molecule has 0 heterocycles. The molecule has 0 fully saturated rings. The molecule has 0 spiro atoms. The first-order valence-electron chi connectivity index (χ1n) is 7.12. The van der Waals surface area contributed by atoms with Gasteiger partial charge in [0.05, 0.1) is 20.3 Å². The average Bonchev–Trinajstić information content (AvgIpc) is 2.37. The molecule has 1 aromatic carbocycles. The van der Waals surface area contributed by atoms with E-state index < -0.39 is 0 Å². The van der Waals surface area contributed by atoms with E-state index in [1.807, 2.05) is 49.9 Å². The number of para-hydroxylation sites is 1. The molecule has 0 aliphatic heterocycles. The maximum atomic E-state index is 12.0. The van der Waals surface area contributed by atoms with Crippen molar-refractivity contribution in [3.63, 3.8) is 0 Å². The number of aliphatic hydroxyl groups is 1. The second-order valence-corrected chi connectivity index (χ2v) is 6.04. The standard InChI is InChI=1S/C16H26N2O3/c1-16(2,3)17-15(20)12-18(9-10-19)11-13-7-5-6-8-14(13)21-4/h5-8,19H,9-12H2,1-4H3,(H,17,20). The number of hydrogen-bond acceptors (Lipinski definition) is 4. The lowest BCUT2D eigenvalue weighted by Crippen LogP contribution is -2.46. The van der Waals surface area contributed by atoms with E-state index in [-0.39, 0.29) is 24.6 Å². The van der Waals surface area contributed by atoms with Gasteiger partial charge < -0.3 is 15.2 Å². The van der Waals surface area contributed by atoms with E-state index in [0.29, 0.717) is 13.1 Å². The highest BCUT2D eigenvalue weighted by Crippen LogP contribution is 2.19. The number of nitrogens with one attached hydrogen (secondary N) is 1. The summed E-state index contributed by atoms with van der Waals surface area (Å²) >= 11 is 0. The van der Waals surface area contributed by atoms with Crippen LogP contribution in [0.15, 0.2) is 24.3 Å². The molecular formula is C16H26N2O3. The van der Waals surface area contributed by atoms with E-state index >= 15 is 0 Å². The van der Waals surface area contributed by atoms with Gasteiger partial charge in [-0.2, -0.15) is 0 Å². The fourth-order valence-electron chi connectivity index (χ4n) is 2.09. The van der Waals surface area contributed by atoms with Crippen LogP contribution < -0.4 is 10.1 Å². The lowest BCUT2D eigenvalue weighted by molar-refractivity contribution is -0.123. The van der Waals surface area contributed by atoms with Crippen LogP contribution in [0.3, 0.4) is 0 Å². The Hall–Kier alpha value is -1.59. The van der Waals surface area contributed by atoms with Crippen molar-refractivity contribution >= 4 is 5.91 Å². The molecule has 0 atom stereocenters. The second kappa shape index (κ2) is 8.00. The van der Waals surface area contributed by atoms with Gasteiger partial charge in [0.15, 0.2) is 0 Å². The first kappa shape index (κ1) is 17.5. The Balaban J connectivity index is 2.71. The molecule has 0 unspecified atom stereocenters. The van der Waals surface area contributed by atoms with Crippen LogP contribution in [0.1, 0.15) is 26.3 Å². The molecule has 1 aromatic rings. The average molecular weight is 294 g/mol. The minimum absolute atomic E-state index is 0.0119. The number of nitrogens with zero attached hydrogens (tertiary/aromatic N) is 1.